The van der Waals surface area contributed by atoms with Gasteiger partial charge in [0.05, 0.1) is 16.8 Å². The number of benzene rings is 1. The van der Waals surface area contributed by atoms with Gasteiger partial charge in [-0.15, -0.1) is 11.3 Å². The second kappa shape index (κ2) is 8.01. The molecular weight excluding hydrogens is 430 g/mol. The minimum absolute atomic E-state index is 0.0669. The number of hydrogen-bond donors (Lipinski definition) is 1. The molecule has 1 aromatic carbocycles. The third kappa shape index (κ3) is 3.50. The predicted molar refractivity (Wildman–Crippen MR) is 135 cm³/mol. The lowest BCUT2D eigenvalue weighted by molar-refractivity contribution is -0.128. The summed E-state index contributed by atoms with van der Waals surface area (Å²) in [5, 5.41) is 5.42. The Morgan fingerprint density at radius 3 is 2.67 bits per heavy atom. The van der Waals surface area contributed by atoms with Gasteiger partial charge in [0.25, 0.3) is 5.91 Å². The maximum atomic E-state index is 14.0. The first kappa shape index (κ1) is 22.2. The van der Waals surface area contributed by atoms with E-state index in [1.165, 1.54) is 12.0 Å². The fourth-order valence-corrected chi connectivity index (χ4v) is 6.41. The standard InChI is InChI=1S/C27H33N3O2S/c1-16-9-10-20(13-18(16)3)30-25(31)23-14-24-22(11-12-33-24)29(23)15-27(30,5)26(32)28-21-8-6-7-17(2)19(21)4/h9-14,17,19,21H,6-8,15H2,1-5H3,(H,28,32)/t17-,19+,21-,27-/m1/s1. The van der Waals surface area contributed by atoms with Gasteiger partial charge in [-0.05, 0) is 79.8 Å². The zero-order valence-electron chi connectivity index (χ0n) is 20.1. The quantitative estimate of drug-likeness (QED) is 0.543. The Kier molecular flexibility index (Phi) is 5.39. The van der Waals surface area contributed by atoms with Gasteiger partial charge in [-0.25, -0.2) is 0 Å². The summed E-state index contributed by atoms with van der Waals surface area (Å²) in [5.41, 5.74) is 3.71. The van der Waals surface area contributed by atoms with Crippen LogP contribution in [0.1, 0.15) is 61.6 Å². The van der Waals surface area contributed by atoms with Crippen LogP contribution in [0.5, 0.6) is 0 Å². The molecule has 5 nitrogen and oxygen atoms in total. The lowest BCUT2D eigenvalue weighted by Crippen LogP contribution is -2.66. The SMILES string of the molecule is Cc1ccc(N2C(=O)c3cc4sccc4n3C[C@]2(C)C(=O)N[C@@H]2CCC[C@@H](C)[C@@H]2C)cc1C. The molecular formula is C27H33N3O2S. The zero-order chi connectivity index (χ0) is 23.5. The highest BCUT2D eigenvalue weighted by molar-refractivity contribution is 7.17. The van der Waals surface area contributed by atoms with Gasteiger partial charge in [0, 0.05) is 11.7 Å². The second-order valence-corrected chi connectivity index (χ2v) is 11.3. The second-order valence-electron chi connectivity index (χ2n) is 10.3. The molecule has 3 aromatic rings. The summed E-state index contributed by atoms with van der Waals surface area (Å²) in [5.74, 6) is 0.826. The Balaban J connectivity index is 1.59. The van der Waals surface area contributed by atoms with Crippen LogP contribution in [0.3, 0.4) is 0 Å². The summed E-state index contributed by atoms with van der Waals surface area (Å²) in [7, 11) is 0. The van der Waals surface area contributed by atoms with Gasteiger partial charge in [0.15, 0.2) is 0 Å². The maximum absolute atomic E-state index is 14.0. The molecule has 1 fully saturated rings. The fraction of sp³-hybridized carbons (Fsp3) is 0.481. The number of thiophene rings is 1. The van der Waals surface area contributed by atoms with Crippen molar-refractivity contribution in [3.63, 3.8) is 0 Å². The molecule has 5 rings (SSSR count). The van der Waals surface area contributed by atoms with Crippen molar-refractivity contribution in [3.8, 4) is 0 Å². The van der Waals surface area contributed by atoms with Crippen LogP contribution in [-0.2, 0) is 11.3 Å². The van der Waals surface area contributed by atoms with E-state index >= 15 is 0 Å². The van der Waals surface area contributed by atoms with E-state index in [0.717, 1.165) is 34.3 Å². The van der Waals surface area contributed by atoms with Crippen molar-refractivity contribution in [2.45, 2.75) is 72.0 Å². The first-order valence-electron chi connectivity index (χ1n) is 12.0. The number of carbonyl (C=O) groups is 2. The van der Waals surface area contributed by atoms with Crippen LogP contribution in [0.4, 0.5) is 5.69 Å². The van der Waals surface area contributed by atoms with Gasteiger partial charge in [-0.3, -0.25) is 14.5 Å². The summed E-state index contributed by atoms with van der Waals surface area (Å²) >= 11 is 1.63. The number of fused-ring (bicyclic) bond motifs is 3. The highest BCUT2D eigenvalue weighted by Gasteiger charge is 2.49. The molecule has 3 heterocycles. The minimum atomic E-state index is -1.03. The molecule has 0 spiro atoms. The molecule has 0 radical (unpaired) electrons. The molecule has 33 heavy (non-hydrogen) atoms. The molecule has 174 valence electrons. The van der Waals surface area contributed by atoms with Crippen molar-refractivity contribution < 1.29 is 9.59 Å². The van der Waals surface area contributed by atoms with Crippen LogP contribution in [0, 0.1) is 25.7 Å². The summed E-state index contributed by atoms with van der Waals surface area (Å²) in [6, 6.07) is 10.2. The third-order valence-electron chi connectivity index (χ3n) is 8.17. The fourth-order valence-electron chi connectivity index (χ4n) is 5.59. The number of carbonyl (C=O) groups excluding carboxylic acids is 2. The normalized spacial score (nSPS) is 27.6. The van der Waals surface area contributed by atoms with Gasteiger partial charge in [0.2, 0.25) is 5.91 Å². The molecule has 1 saturated carbocycles. The van der Waals surface area contributed by atoms with Crippen molar-refractivity contribution in [2.75, 3.05) is 4.90 Å². The highest BCUT2D eigenvalue weighted by atomic mass is 32.1. The molecule has 2 aromatic heterocycles. The maximum Gasteiger partial charge on any atom is 0.275 e. The molecule has 6 heteroatoms. The minimum Gasteiger partial charge on any atom is -0.351 e. The van der Waals surface area contributed by atoms with Gasteiger partial charge in [0.1, 0.15) is 11.2 Å². The third-order valence-corrected chi connectivity index (χ3v) is 9.02. The Morgan fingerprint density at radius 1 is 1.12 bits per heavy atom. The van der Waals surface area contributed by atoms with E-state index in [1.54, 1.807) is 16.2 Å². The number of rotatable bonds is 3. The first-order valence-corrected chi connectivity index (χ1v) is 12.9. The number of nitrogens with zero attached hydrogens (tertiary/aromatic N) is 2. The van der Waals surface area contributed by atoms with Gasteiger partial charge >= 0.3 is 0 Å². The monoisotopic (exact) mass is 463 g/mol. The molecule has 2 amide bonds. The number of nitrogens with one attached hydrogen (secondary N) is 1. The Labute approximate surface area is 199 Å². The van der Waals surface area contributed by atoms with Crippen LogP contribution < -0.4 is 10.2 Å². The molecule has 1 aliphatic carbocycles. The number of aromatic nitrogens is 1. The van der Waals surface area contributed by atoms with Crippen molar-refractivity contribution in [1.82, 2.24) is 9.88 Å². The average molecular weight is 464 g/mol. The number of aryl methyl sites for hydroxylation is 2. The highest BCUT2D eigenvalue weighted by Crippen LogP contribution is 2.38. The van der Waals surface area contributed by atoms with E-state index in [4.69, 9.17) is 0 Å². The number of anilines is 1. The van der Waals surface area contributed by atoms with Gasteiger partial charge in [-0.1, -0.05) is 32.8 Å². The van der Waals surface area contributed by atoms with Crippen molar-refractivity contribution in [2.24, 2.45) is 11.8 Å². The summed E-state index contributed by atoms with van der Waals surface area (Å²) in [6.45, 7) is 11.0. The smallest absolute Gasteiger partial charge is 0.275 e. The first-order chi connectivity index (χ1) is 15.7. The topological polar surface area (TPSA) is 54.3 Å². The lowest BCUT2D eigenvalue weighted by atomic mass is 9.77. The molecule has 1 N–H and O–H groups in total. The van der Waals surface area contributed by atoms with Crippen molar-refractivity contribution in [3.05, 3.63) is 52.5 Å². The summed E-state index contributed by atoms with van der Waals surface area (Å²) in [6.07, 6.45) is 3.33. The molecule has 0 unspecified atom stereocenters. The molecule has 0 saturated heterocycles. The van der Waals surface area contributed by atoms with Crippen LogP contribution in [0.2, 0.25) is 0 Å². The van der Waals surface area contributed by atoms with Crippen LogP contribution in [0.15, 0.2) is 35.7 Å². The zero-order valence-corrected chi connectivity index (χ0v) is 21.0. The summed E-state index contributed by atoms with van der Waals surface area (Å²) in [4.78, 5) is 29.7. The van der Waals surface area contributed by atoms with E-state index in [0.29, 0.717) is 24.1 Å². The predicted octanol–water partition coefficient (Wildman–Crippen LogP) is 5.68. The van der Waals surface area contributed by atoms with Crippen molar-refractivity contribution in [1.29, 1.82) is 0 Å². The Morgan fingerprint density at radius 2 is 1.91 bits per heavy atom. The van der Waals surface area contributed by atoms with E-state index in [9.17, 15) is 9.59 Å². The van der Waals surface area contributed by atoms with Crippen LogP contribution in [0.25, 0.3) is 10.2 Å². The number of hydrogen-bond acceptors (Lipinski definition) is 3. The average Bonchev–Trinajstić information content (AvgIpc) is 3.36. The van der Waals surface area contributed by atoms with E-state index in [-0.39, 0.29) is 17.9 Å². The van der Waals surface area contributed by atoms with E-state index in [1.807, 2.05) is 47.2 Å². The largest absolute Gasteiger partial charge is 0.351 e. The van der Waals surface area contributed by atoms with Crippen molar-refractivity contribution >= 4 is 39.1 Å². The summed E-state index contributed by atoms with van der Waals surface area (Å²) < 4.78 is 3.12. The molecule has 0 bridgehead atoms. The molecule has 4 atom stereocenters. The van der Waals surface area contributed by atoms with E-state index < -0.39 is 5.54 Å². The number of amides is 2. The van der Waals surface area contributed by atoms with E-state index in [2.05, 4.69) is 33.0 Å². The Hall–Kier alpha value is -2.60. The van der Waals surface area contributed by atoms with Crippen LogP contribution in [-0.4, -0.2) is 28.0 Å². The lowest BCUT2D eigenvalue weighted by Gasteiger charge is -2.45. The van der Waals surface area contributed by atoms with Gasteiger partial charge in [-0.2, -0.15) is 0 Å². The van der Waals surface area contributed by atoms with Gasteiger partial charge < -0.3 is 9.88 Å². The Bertz CT molecular complexity index is 1240. The molecule has 1 aliphatic heterocycles. The van der Waals surface area contributed by atoms with Crippen LogP contribution >= 0.6 is 11.3 Å². The molecule has 2 aliphatic rings.